The van der Waals surface area contributed by atoms with E-state index in [9.17, 15) is 10.1 Å². The second-order valence-corrected chi connectivity index (χ2v) is 4.52. The summed E-state index contributed by atoms with van der Waals surface area (Å²) >= 11 is 0. The van der Waals surface area contributed by atoms with Gasteiger partial charge in [-0.15, -0.1) is 0 Å². The van der Waals surface area contributed by atoms with Crippen LogP contribution < -0.4 is 0 Å². The Morgan fingerprint density at radius 2 is 2.06 bits per heavy atom. The molecule has 0 radical (unpaired) electrons. The van der Waals surface area contributed by atoms with Crippen LogP contribution in [-0.2, 0) is 6.54 Å². The first-order valence-electron chi connectivity index (χ1n) is 6.11. The van der Waals surface area contributed by atoms with Crippen molar-refractivity contribution in [1.29, 1.82) is 5.26 Å². The van der Waals surface area contributed by atoms with Crippen molar-refractivity contribution in [3.05, 3.63) is 39.4 Å². The monoisotopic (exact) mass is 245 g/mol. The van der Waals surface area contributed by atoms with Crippen LogP contribution >= 0.6 is 0 Å². The van der Waals surface area contributed by atoms with E-state index < -0.39 is 4.92 Å². The van der Waals surface area contributed by atoms with E-state index in [0.29, 0.717) is 6.54 Å². The maximum atomic E-state index is 10.9. The molecule has 0 amide bonds. The lowest BCUT2D eigenvalue weighted by Gasteiger charge is -2.26. The molecule has 2 rings (SSSR count). The first kappa shape index (κ1) is 12.5. The fourth-order valence-corrected chi connectivity index (χ4v) is 2.36. The second-order valence-electron chi connectivity index (χ2n) is 4.52. The average Bonchev–Trinajstić information content (AvgIpc) is 2.39. The van der Waals surface area contributed by atoms with Crippen LogP contribution in [0.4, 0.5) is 5.69 Å². The van der Waals surface area contributed by atoms with Gasteiger partial charge in [0.2, 0.25) is 0 Å². The van der Waals surface area contributed by atoms with E-state index in [1.807, 2.05) is 6.07 Å². The molecule has 1 heterocycles. The number of benzene rings is 1. The maximum Gasteiger partial charge on any atom is 0.287 e. The van der Waals surface area contributed by atoms with Crippen LogP contribution in [0.15, 0.2) is 18.2 Å². The van der Waals surface area contributed by atoms with E-state index in [-0.39, 0.29) is 11.3 Å². The van der Waals surface area contributed by atoms with Gasteiger partial charge in [0.1, 0.15) is 11.6 Å². The summed E-state index contributed by atoms with van der Waals surface area (Å²) in [6.07, 6.45) is 3.57. The van der Waals surface area contributed by atoms with Gasteiger partial charge < -0.3 is 0 Å². The molecule has 0 aliphatic carbocycles. The van der Waals surface area contributed by atoms with Crippen molar-refractivity contribution in [1.82, 2.24) is 4.90 Å². The Kier molecular flexibility index (Phi) is 3.90. The molecule has 1 aliphatic rings. The van der Waals surface area contributed by atoms with Gasteiger partial charge in [0.25, 0.3) is 5.69 Å². The van der Waals surface area contributed by atoms with Gasteiger partial charge in [0.15, 0.2) is 0 Å². The zero-order valence-corrected chi connectivity index (χ0v) is 10.1. The molecule has 5 nitrogen and oxygen atoms in total. The van der Waals surface area contributed by atoms with E-state index in [2.05, 4.69) is 4.90 Å². The average molecular weight is 245 g/mol. The molecule has 0 unspecified atom stereocenters. The van der Waals surface area contributed by atoms with Gasteiger partial charge in [-0.1, -0.05) is 18.6 Å². The van der Waals surface area contributed by atoms with Gasteiger partial charge in [-0.2, -0.15) is 5.26 Å². The van der Waals surface area contributed by atoms with Gasteiger partial charge in [-0.25, -0.2) is 0 Å². The highest BCUT2D eigenvalue weighted by Gasteiger charge is 2.19. The van der Waals surface area contributed by atoms with Crippen molar-refractivity contribution < 1.29 is 4.92 Å². The lowest BCUT2D eigenvalue weighted by atomic mass is 10.0. The second kappa shape index (κ2) is 5.61. The summed E-state index contributed by atoms with van der Waals surface area (Å²) in [7, 11) is 0. The van der Waals surface area contributed by atoms with Crippen LogP contribution in [0, 0.1) is 21.4 Å². The van der Waals surface area contributed by atoms with Gasteiger partial charge >= 0.3 is 0 Å². The molecule has 0 atom stereocenters. The number of nitriles is 1. The molecule has 1 aromatic carbocycles. The molecule has 1 saturated heterocycles. The summed E-state index contributed by atoms with van der Waals surface area (Å²) in [5.41, 5.74) is 0.869. The number of nitro groups is 1. The van der Waals surface area contributed by atoms with Crippen LogP contribution in [0.1, 0.15) is 30.4 Å². The third kappa shape index (κ3) is 2.66. The molecule has 0 N–H and O–H groups in total. The minimum atomic E-state index is -0.488. The Labute approximate surface area is 106 Å². The number of hydrogen-bond acceptors (Lipinski definition) is 4. The predicted molar refractivity (Wildman–Crippen MR) is 66.9 cm³/mol. The highest BCUT2D eigenvalue weighted by molar-refractivity contribution is 5.53. The Bertz CT molecular complexity index is 487. The number of nitrogens with zero attached hydrogens (tertiary/aromatic N) is 3. The number of nitro benzene ring substituents is 1. The molecule has 0 spiro atoms. The van der Waals surface area contributed by atoms with Crippen LogP contribution in [0.25, 0.3) is 0 Å². The number of likely N-dealkylation sites (tertiary alicyclic amines) is 1. The Balaban J connectivity index is 2.24. The summed E-state index contributed by atoms with van der Waals surface area (Å²) in [4.78, 5) is 12.6. The lowest BCUT2D eigenvalue weighted by Crippen LogP contribution is -2.29. The van der Waals surface area contributed by atoms with Crippen LogP contribution in [0.2, 0.25) is 0 Å². The van der Waals surface area contributed by atoms with E-state index in [4.69, 9.17) is 5.26 Å². The molecule has 1 aromatic rings. The van der Waals surface area contributed by atoms with E-state index in [1.165, 1.54) is 12.5 Å². The highest BCUT2D eigenvalue weighted by atomic mass is 16.6. The molecular weight excluding hydrogens is 230 g/mol. The summed E-state index contributed by atoms with van der Waals surface area (Å²) in [5.74, 6) is 0. The first-order chi connectivity index (χ1) is 8.72. The molecule has 94 valence electrons. The van der Waals surface area contributed by atoms with Crippen molar-refractivity contribution in [3.63, 3.8) is 0 Å². The SMILES string of the molecule is N#Cc1c(CN2CCCCC2)cccc1[N+](=O)[O-]. The molecule has 1 fully saturated rings. The van der Waals surface area contributed by atoms with Crippen molar-refractivity contribution in [3.8, 4) is 6.07 Å². The van der Waals surface area contributed by atoms with Crippen LogP contribution in [-0.4, -0.2) is 22.9 Å². The normalized spacial score (nSPS) is 16.2. The van der Waals surface area contributed by atoms with Gasteiger partial charge in [-0.3, -0.25) is 15.0 Å². The Morgan fingerprint density at radius 3 is 2.67 bits per heavy atom. The van der Waals surface area contributed by atoms with Gasteiger partial charge in [-0.05, 0) is 31.5 Å². The minimum absolute atomic E-state index is 0.0907. The summed E-state index contributed by atoms with van der Waals surface area (Å²) in [6.45, 7) is 2.64. The molecule has 0 bridgehead atoms. The van der Waals surface area contributed by atoms with E-state index >= 15 is 0 Å². The number of rotatable bonds is 3. The maximum absolute atomic E-state index is 10.9. The highest BCUT2D eigenvalue weighted by Crippen LogP contribution is 2.23. The van der Waals surface area contributed by atoms with Crippen LogP contribution in [0.5, 0.6) is 0 Å². The topological polar surface area (TPSA) is 70.2 Å². The summed E-state index contributed by atoms with van der Waals surface area (Å²) < 4.78 is 0. The zero-order chi connectivity index (χ0) is 13.0. The minimum Gasteiger partial charge on any atom is -0.299 e. The van der Waals surface area contributed by atoms with Crippen molar-refractivity contribution >= 4 is 5.69 Å². The third-order valence-electron chi connectivity index (χ3n) is 3.28. The lowest BCUT2D eigenvalue weighted by molar-refractivity contribution is -0.385. The molecular formula is C13H15N3O2. The molecule has 0 aromatic heterocycles. The Morgan fingerprint density at radius 1 is 1.33 bits per heavy atom. The number of hydrogen-bond donors (Lipinski definition) is 0. The fourth-order valence-electron chi connectivity index (χ4n) is 2.36. The predicted octanol–water partition coefficient (Wildman–Crippen LogP) is 2.45. The molecule has 5 heteroatoms. The van der Waals surface area contributed by atoms with E-state index in [1.54, 1.807) is 12.1 Å². The first-order valence-corrected chi connectivity index (χ1v) is 6.11. The Hall–Kier alpha value is -1.93. The summed E-state index contributed by atoms with van der Waals surface area (Å²) in [5, 5.41) is 20.0. The third-order valence-corrected chi connectivity index (χ3v) is 3.28. The summed E-state index contributed by atoms with van der Waals surface area (Å²) in [6, 6.07) is 6.81. The molecule has 0 saturated carbocycles. The molecule has 1 aliphatic heterocycles. The zero-order valence-electron chi connectivity index (χ0n) is 10.1. The molecule has 18 heavy (non-hydrogen) atoms. The van der Waals surface area contributed by atoms with Crippen molar-refractivity contribution in [2.75, 3.05) is 13.1 Å². The standard InChI is InChI=1S/C13H15N3O2/c14-9-12-11(5-4-6-13(12)16(17)18)10-15-7-2-1-3-8-15/h4-6H,1-3,7-8,10H2. The van der Waals surface area contributed by atoms with Crippen LogP contribution in [0.3, 0.4) is 0 Å². The van der Waals surface area contributed by atoms with Gasteiger partial charge in [0, 0.05) is 12.6 Å². The van der Waals surface area contributed by atoms with Crippen molar-refractivity contribution in [2.24, 2.45) is 0 Å². The number of piperidine rings is 1. The van der Waals surface area contributed by atoms with E-state index in [0.717, 1.165) is 31.5 Å². The van der Waals surface area contributed by atoms with Crippen molar-refractivity contribution in [2.45, 2.75) is 25.8 Å². The quantitative estimate of drug-likeness (QED) is 0.605. The fraction of sp³-hybridized carbons (Fsp3) is 0.462. The largest absolute Gasteiger partial charge is 0.299 e. The van der Waals surface area contributed by atoms with Gasteiger partial charge in [0.05, 0.1) is 4.92 Å². The smallest absolute Gasteiger partial charge is 0.287 e.